The van der Waals surface area contributed by atoms with Gasteiger partial charge in [0.2, 0.25) is 0 Å². The number of carbonyl (C=O) groups is 2. The number of amides is 1. The summed E-state index contributed by atoms with van der Waals surface area (Å²) in [5.41, 5.74) is 0.749. The number of aryl methyl sites for hydroxylation is 1. The summed E-state index contributed by atoms with van der Waals surface area (Å²) in [6.07, 6.45) is 2.15. The zero-order valence-corrected chi connectivity index (χ0v) is 13.1. The SMILES string of the molecule is Cc1nc(/C=C2\SC(=S)N(CCCC(=O)O)C2=O)cs1. The van der Waals surface area contributed by atoms with E-state index in [0.29, 0.717) is 22.2 Å². The Morgan fingerprint density at radius 2 is 2.35 bits per heavy atom. The number of aliphatic carboxylic acids is 1. The summed E-state index contributed by atoms with van der Waals surface area (Å²) in [6.45, 7) is 2.24. The maximum Gasteiger partial charge on any atom is 0.303 e. The highest BCUT2D eigenvalue weighted by molar-refractivity contribution is 8.26. The summed E-state index contributed by atoms with van der Waals surface area (Å²) in [5, 5.41) is 11.4. The van der Waals surface area contributed by atoms with E-state index in [1.807, 2.05) is 12.3 Å². The average molecular weight is 328 g/mol. The molecule has 0 radical (unpaired) electrons. The summed E-state index contributed by atoms with van der Waals surface area (Å²) >= 11 is 7.91. The third-order valence-electron chi connectivity index (χ3n) is 2.56. The lowest BCUT2D eigenvalue weighted by Gasteiger charge is -2.13. The van der Waals surface area contributed by atoms with Crippen LogP contribution in [0.2, 0.25) is 0 Å². The highest BCUT2D eigenvalue weighted by Gasteiger charge is 2.31. The second-order valence-corrected chi connectivity index (χ2v) is 6.86. The van der Waals surface area contributed by atoms with Crippen LogP contribution in [0.3, 0.4) is 0 Å². The zero-order chi connectivity index (χ0) is 14.7. The van der Waals surface area contributed by atoms with E-state index in [2.05, 4.69) is 4.98 Å². The molecule has 106 valence electrons. The van der Waals surface area contributed by atoms with Crippen LogP contribution in [0.25, 0.3) is 6.08 Å². The number of thiazole rings is 1. The molecular formula is C12H12N2O3S3. The van der Waals surface area contributed by atoms with Gasteiger partial charge in [-0.2, -0.15) is 0 Å². The van der Waals surface area contributed by atoms with Crippen LogP contribution in [0, 0.1) is 6.92 Å². The quantitative estimate of drug-likeness (QED) is 0.661. The maximum absolute atomic E-state index is 12.2. The summed E-state index contributed by atoms with van der Waals surface area (Å²) in [7, 11) is 0. The van der Waals surface area contributed by atoms with Gasteiger partial charge in [-0.05, 0) is 19.4 Å². The molecule has 5 nitrogen and oxygen atoms in total. The molecule has 1 aromatic rings. The Labute approximate surface area is 129 Å². The Bertz CT molecular complexity index is 595. The molecule has 0 bridgehead atoms. The second kappa shape index (κ2) is 6.47. The average Bonchev–Trinajstić information content (AvgIpc) is 2.88. The van der Waals surface area contributed by atoms with E-state index >= 15 is 0 Å². The number of nitrogens with zero attached hydrogens (tertiary/aromatic N) is 2. The second-order valence-electron chi connectivity index (χ2n) is 4.12. The van der Waals surface area contributed by atoms with Crippen LogP contribution in [0.5, 0.6) is 0 Å². The fourth-order valence-corrected chi connectivity index (χ4v) is 3.53. The zero-order valence-electron chi connectivity index (χ0n) is 10.7. The fourth-order valence-electron chi connectivity index (χ4n) is 1.66. The standard InChI is InChI=1S/C12H12N2O3S3/c1-7-13-8(6-19-7)5-9-11(17)14(12(18)20-9)4-2-3-10(15)16/h5-6H,2-4H2,1H3,(H,15,16)/b9-5-. The number of carboxylic acids is 1. The van der Waals surface area contributed by atoms with Crippen molar-refractivity contribution in [3.63, 3.8) is 0 Å². The Hall–Kier alpha value is -1.25. The van der Waals surface area contributed by atoms with Crippen molar-refractivity contribution in [3.05, 3.63) is 21.0 Å². The molecule has 0 atom stereocenters. The van der Waals surface area contributed by atoms with Crippen LogP contribution in [0.4, 0.5) is 0 Å². The molecule has 20 heavy (non-hydrogen) atoms. The molecule has 1 N–H and O–H groups in total. The number of carboxylic acid groups (broad SMARTS) is 1. The number of hydrogen-bond acceptors (Lipinski definition) is 6. The number of rotatable bonds is 5. The molecule has 1 fully saturated rings. The van der Waals surface area contributed by atoms with Gasteiger partial charge >= 0.3 is 5.97 Å². The highest BCUT2D eigenvalue weighted by atomic mass is 32.2. The molecule has 1 saturated heterocycles. The Balaban J connectivity index is 2.04. The van der Waals surface area contributed by atoms with E-state index in [4.69, 9.17) is 17.3 Å². The summed E-state index contributed by atoms with van der Waals surface area (Å²) in [4.78, 5) is 28.9. The van der Waals surface area contributed by atoms with Crippen LogP contribution in [0.1, 0.15) is 23.5 Å². The normalized spacial score (nSPS) is 17.2. The van der Waals surface area contributed by atoms with Crippen molar-refractivity contribution in [3.8, 4) is 0 Å². The van der Waals surface area contributed by atoms with Crippen molar-refractivity contribution in [1.29, 1.82) is 0 Å². The Morgan fingerprint density at radius 1 is 1.60 bits per heavy atom. The molecule has 2 heterocycles. The van der Waals surface area contributed by atoms with Crippen molar-refractivity contribution >= 4 is 57.6 Å². The third-order valence-corrected chi connectivity index (χ3v) is 4.73. The molecule has 0 aliphatic carbocycles. The van der Waals surface area contributed by atoms with Gasteiger partial charge in [0.25, 0.3) is 5.91 Å². The van der Waals surface area contributed by atoms with Crippen LogP contribution in [0.15, 0.2) is 10.3 Å². The third kappa shape index (κ3) is 3.65. The first-order valence-electron chi connectivity index (χ1n) is 5.86. The largest absolute Gasteiger partial charge is 0.481 e. The van der Waals surface area contributed by atoms with E-state index in [1.54, 1.807) is 6.08 Å². The van der Waals surface area contributed by atoms with Gasteiger partial charge in [-0.25, -0.2) is 4.98 Å². The van der Waals surface area contributed by atoms with E-state index in [9.17, 15) is 9.59 Å². The first kappa shape index (κ1) is 15.1. The van der Waals surface area contributed by atoms with Crippen LogP contribution >= 0.6 is 35.3 Å². The molecule has 0 spiro atoms. The summed E-state index contributed by atoms with van der Waals surface area (Å²) < 4.78 is 0.471. The van der Waals surface area contributed by atoms with Gasteiger partial charge in [0.1, 0.15) is 4.32 Å². The van der Waals surface area contributed by atoms with Crippen LogP contribution in [-0.4, -0.2) is 37.7 Å². The number of carbonyl (C=O) groups excluding carboxylic acids is 1. The minimum atomic E-state index is -0.871. The first-order valence-corrected chi connectivity index (χ1v) is 7.97. The molecule has 0 aromatic carbocycles. The van der Waals surface area contributed by atoms with Crippen molar-refractivity contribution in [2.24, 2.45) is 0 Å². The van der Waals surface area contributed by atoms with Gasteiger partial charge in [-0.3, -0.25) is 14.5 Å². The van der Waals surface area contributed by atoms with Gasteiger partial charge in [0, 0.05) is 18.3 Å². The van der Waals surface area contributed by atoms with Crippen LogP contribution in [-0.2, 0) is 9.59 Å². The lowest BCUT2D eigenvalue weighted by atomic mass is 10.3. The highest BCUT2D eigenvalue weighted by Crippen LogP contribution is 2.32. The van der Waals surface area contributed by atoms with E-state index in [0.717, 1.165) is 10.7 Å². The van der Waals surface area contributed by atoms with Crippen molar-refractivity contribution < 1.29 is 14.7 Å². The molecule has 0 unspecified atom stereocenters. The number of thiocarbonyl (C=S) groups is 1. The predicted molar refractivity (Wildman–Crippen MR) is 83.6 cm³/mol. The van der Waals surface area contributed by atoms with Gasteiger partial charge < -0.3 is 5.11 Å². The minimum absolute atomic E-state index is 0.0292. The van der Waals surface area contributed by atoms with E-state index < -0.39 is 5.97 Å². The summed E-state index contributed by atoms with van der Waals surface area (Å²) in [6, 6.07) is 0. The monoisotopic (exact) mass is 328 g/mol. The van der Waals surface area contributed by atoms with E-state index in [1.165, 1.54) is 28.0 Å². The number of thioether (sulfide) groups is 1. The number of aromatic nitrogens is 1. The molecule has 2 rings (SSSR count). The molecule has 1 aliphatic rings. The minimum Gasteiger partial charge on any atom is -0.481 e. The van der Waals surface area contributed by atoms with E-state index in [-0.39, 0.29) is 12.3 Å². The molecule has 0 saturated carbocycles. The van der Waals surface area contributed by atoms with Gasteiger partial charge in [0.05, 0.1) is 15.6 Å². The maximum atomic E-state index is 12.2. The first-order chi connectivity index (χ1) is 9.47. The Kier molecular flexibility index (Phi) is 4.90. The molecular weight excluding hydrogens is 316 g/mol. The fraction of sp³-hybridized carbons (Fsp3) is 0.333. The molecule has 1 aliphatic heterocycles. The van der Waals surface area contributed by atoms with Gasteiger partial charge in [-0.15, -0.1) is 11.3 Å². The predicted octanol–water partition coefficient (Wildman–Crippen LogP) is 2.52. The summed E-state index contributed by atoms with van der Waals surface area (Å²) in [5.74, 6) is -1.04. The number of hydrogen-bond donors (Lipinski definition) is 1. The van der Waals surface area contributed by atoms with Crippen molar-refractivity contribution in [2.75, 3.05) is 6.54 Å². The lowest BCUT2D eigenvalue weighted by Crippen LogP contribution is -2.29. The topological polar surface area (TPSA) is 70.5 Å². The lowest BCUT2D eigenvalue weighted by molar-refractivity contribution is -0.137. The van der Waals surface area contributed by atoms with Crippen molar-refractivity contribution in [2.45, 2.75) is 19.8 Å². The van der Waals surface area contributed by atoms with Crippen molar-refractivity contribution in [1.82, 2.24) is 9.88 Å². The smallest absolute Gasteiger partial charge is 0.303 e. The van der Waals surface area contributed by atoms with Gasteiger partial charge in [-0.1, -0.05) is 24.0 Å². The van der Waals surface area contributed by atoms with Crippen LogP contribution < -0.4 is 0 Å². The molecule has 8 heteroatoms. The van der Waals surface area contributed by atoms with Gasteiger partial charge in [0.15, 0.2) is 0 Å². The molecule has 1 amide bonds. The molecule has 1 aromatic heterocycles. The Morgan fingerprint density at radius 3 is 2.95 bits per heavy atom.